The number of aromatic nitrogens is 1. The van der Waals surface area contributed by atoms with Gasteiger partial charge in [0.15, 0.2) is 9.84 Å². The van der Waals surface area contributed by atoms with Crippen LogP contribution in [0.15, 0.2) is 23.7 Å². The molecular weight excluding hydrogens is 162 g/mol. The number of hydrogen-bond acceptors (Lipinski definition) is 2. The van der Waals surface area contributed by atoms with Crippen LogP contribution in [0.1, 0.15) is 5.69 Å². The molecule has 3 nitrogen and oxygen atoms in total. The minimum Gasteiger partial charge on any atom is -0.362 e. The molecule has 4 heteroatoms. The van der Waals surface area contributed by atoms with E-state index in [0.29, 0.717) is 0 Å². The molecule has 0 atom stereocenters. The fourth-order valence-electron chi connectivity index (χ4n) is 0.645. The topological polar surface area (TPSA) is 49.9 Å². The zero-order valence-electron chi connectivity index (χ0n) is 6.11. The summed E-state index contributed by atoms with van der Waals surface area (Å²) in [5.74, 6) is 0. The molecule has 1 aromatic heterocycles. The van der Waals surface area contributed by atoms with Crippen LogP contribution in [0.4, 0.5) is 0 Å². The summed E-state index contributed by atoms with van der Waals surface area (Å²) in [5.41, 5.74) is 0.787. The van der Waals surface area contributed by atoms with E-state index in [4.69, 9.17) is 0 Å². The molecule has 1 aromatic rings. The Morgan fingerprint density at radius 1 is 1.55 bits per heavy atom. The van der Waals surface area contributed by atoms with Gasteiger partial charge in [-0.3, -0.25) is 0 Å². The fourth-order valence-corrected chi connectivity index (χ4v) is 1.04. The van der Waals surface area contributed by atoms with Crippen molar-refractivity contribution in [2.45, 2.75) is 0 Å². The fraction of sp³-hybridized carbons (Fsp3) is 0.143. The standard InChI is InChI=1S/C7H9NO2S/c1-11(9,10)6-4-7-3-2-5-8-7/h2-6,8H,1H3/b6-4+. The van der Waals surface area contributed by atoms with Gasteiger partial charge < -0.3 is 4.98 Å². The van der Waals surface area contributed by atoms with Gasteiger partial charge in [0.1, 0.15) is 0 Å². The number of aromatic amines is 1. The lowest BCUT2D eigenvalue weighted by Gasteiger charge is -1.84. The van der Waals surface area contributed by atoms with Gasteiger partial charge >= 0.3 is 0 Å². The Bertz CT molecular complexity index is 335. The van der Waals surface area contributed by atoms with E-state index >= 15 is 0 Å². The third-order valence-electron chi connectivity index (χ3n) is 1.12. The van der Waals surface area contributed by atoms with Crippen LogP contribution < -0.4 is 0 Å². The van der Waals surface area contributed by atoms with Gasteiger partial charge in [-0.25, -0.2) is 8.42 Å². The Labute approximate surface area is 65.7 Å². The Morgan fingerprint density at radius 2 is 2.27 bits per heavy atom. The Balaban J connectivity index is 2.79. The second kappa shape index (κ2) is 2.92. The van der Waals surface area contributed by atoms with Gasteiger partial charge in [0.05, 0.1) is 0 Å². The first kappa shape index (κ1) is 8.07. The average Bonchev–Trinajstić information content (AvgIpc) is 2.32. The number of hydrogen-bond donors (Lipinski definition) is 1. The monoisotopic (exact) mass is 171 g/mol. The van der Waals surface area contributed by atoms with Crippen molar-refractivity contribution in [2.24, 2.45) is 0 Å². The quantitative estimate of drug-likeness (QED) is 0.722. The number of sulfone groups is 1. The van der Waals surface area contributed by atoms with E-state index in [0.717, 1.165) is 11.9 Å². The summed E-state index contributed by atoms with van der Waals surface area (Å²) in [6.07, 6.45) is 4.42. The van der Waals surface area contributed by atoms with Crippen molar-refractivity contribution in [2.75, 3.05) is 6.26 Å². The lowest BCUT2D eigenvalue weighted by molar-refractivity contribution is 0.610. The van der Waals surface area contributed by atoms with Crippen LogP contribution in [0.3, 0.4) is 0 Å². The maximum absolute atomic E-state index is 10.6. The van der Waals surface area contributed by atoms with Crippen molar-refractivity contribution in [1.29, 1.82) is 0 Å². The largest absolute Gasteiger partial charge is 0.362 e. The normalized spacial score (nSPS) is 12.5. The van der Waals surface area contributed by atoms with E-state index < -0.39 is 9.84 Å². The van der Waals surface area contributed by atoms with E-state index in [1.807, 2.05) is 6.07 Å². The molecule has 0 fully saturated rings. The van der Waals surface area contributed by atoms with Crippen LogP contribution in [-0.4, -0.2) is 19.7 Å². The average molecular weight is 171 g/mol. The molecule has 1 N–H and O–H groups in total. The summed E-state index contributed by atoms with van der Waals surface area (Å²) in [7, 11) is -3.00. The summed E-state index contributed by atoms with van der Waals surface area (Å²) in [4.78, 5) is 2.86. The van der Waals surface area contributed by atoms with E-state index in [1.165, 1.54) is 11.5 Å². The summed E-state index contributed by atoms with van der Waals surface area (Å²) in [6, 6.07) is 3.60. The van der Waals surface area contributed by atoms with Crippen LogP contribution in [-0.2, 0) is 9.84 Å². The molecule has 0 unspecified atom stereocenters. The SMILES string of the molecule is CS(=O)(=O)/C=C/c1ccc[nH]1. The number of nitrogens with one attached hydrogen (secondary N) is 1. The van der Waals surface area contributed by atoms with Crippen molar-refractivity contribution >= 4 is 15.9 Å². The lowest BCUT2D eigenvalue weighted by Crippen LogP contribution is -1.87. The third kappa shape index (κ3) is 3.04. The van der Waals surface area contributed by atoms with E-state index in [9.17, 15) is 8.42 Å². The van der Waals surface area contributed by atoms with Gasteiger partial charge in [-0.05, 0) is 18.2 Å². The molecule has 1 heterocycles. The van der Waals surface area contributed by atoms with Crippen molar-refractivity contribution in [3.63, 3.8) is 0 Å². The van der Waals surface area contributed by atoms with Gasteiger partial charge in [0.2, 0.25) is 0 Å². The van der Waals surface area contributed by atoms with Crippen LogP contribution in [0.25, 0.3) is 6.08 Å². The van der Waals surface area contributed by atoms with Crippen LogP contribution in [0, 0.1) is 0 Å². The van der Waals surface area contributed by atoms with Gasteiger partial charge in [-0.2, -0.15) is 0 Å². The van der Waals surface area contributed by atoms with Gasteiger partial charge in [0, 0.05) is 23.6 Å². The summed E-state index contributed by atoms with van der Waals surface area (Å²) in [6.45, 7) is 0. The maximum Gasteiger partial charge on any atom is 0.168 e. The first-order valence-corrected chi connectivity index (χ1v) is 5.05. The second-order valence-corrected chi connectivity index (χ2v) is 4.19. The second-order valence-electron chi connectivity index (χ2n) is 2.26. The highest BCUT2D eigenvalue weighted by atomic mass is 32.2. The Morgan fingerprint density at radius 3 is 2.73 bits per heavy atom. The third-order valence-corrected chi connectivity index (χ3v) is 1.75. The minimum atomic E-state index is -3.00. The highest BCUT2D eigenvalue weighted by molar-refractivity contribution is 7.93. The summed E-state index contributed by atoms with van der Waals surface area (Å²) >= 11 is 0. The zero-order valence-corrected chi connectivity index (χ0v) is 6.93. The van der Waals surface area contributed by atoms with Gasteiger partial charge in [-0.1, -0.05) is 0 Å². The van der Waals surface area contributed by atoms with Crippen molar-refractivity contribution in [3.8, 4) is 0 Å². The molecule has 0 aliphatic carbocycles. The highest BCUT2D eigenvalue weighted by Crippen LogP contribution is 1.98. The van der Waals surface area contributed by atoms with Crippen LogP contribution in [0.5, 0.6) is 0 Å². The first-order valence-electron chi connectivity index (χ1n) is 3.09. The molecule has 0 radical (unpaired) electrons. The predicted octanol–water partition coefficient (Wildman–Crippen LogP) is 1.03. The molecule has 1 rings (SSSR count). The molecule has 0 aromatic carbocycles. The molecule has 0 amide bonds. The number of H-pyrrole nitrogens is 1. The summed E-state index contributed by atoms with van der Waals surface area (Å²) < 4.78 is 21.3. The van der Waals surface area contributed by atoms with Gasteiger partial charge in [0.25, 0.3) is 0 Å². The van der Waals surface area contributed by atoms with E-state index in [2.05, 4.69) is 4.98 Å². The van der Waals surface area contributed by atoms with Crippen molar-refractivity contribution < 1.29 is 8.42 Å². The highest BCUT2D eigenvalue weighted by Gasteiger charge is 1.92. The first-order chi connectivity index (χ1) is 5.08. The molecule has 0 saturated carbocycles. The lowest BCUT2D eigenvalue weighted by atomic mass is 10.4. The van der Waals surface area contributed by atoms with E-state index in [1.54, 1.807) is 12.3 Å². The van der Waals surface area contributed by atoms with Crippen molar-refractivity contribution in [3.05, 3.63) is 29.4 Å². The molecule has 0 spiro atoms. The van der Waals surface area contributed by atoms with Gasteiger partial charge in [-0.15, -0.1) is 0 Å². The molecule has 60 valence electrons. The molecule has 0 aliphatic heterocycles. The van der Waals surface area contributed by atoms with E-state index in [-0.39, 0.29) is 0 Å². The Kier molecular flexibility index (Phi) is 2.14. The molecular formula is C7H9NO2S. The maximum atomic E-state index is 10.6. The molecule has 0 saturated heterocycles. The van der Waals surface area contributed by atoms with Crippen LogP contribution >= 0.6 is 0 Å². The molecule has 0 bridgehead atoms. The molecule has 11 heavy (non-hydrogen) atoms. The predicted molar refractivity (Wildman–Crippen MR) is 44.7 cm³/mol. The smallest absolute Gasteiger partial charge is 0.168 e. The zero-order chi connectivity index (χ0) is 8.32. The number of rotatable bonds is 2. The van der Waals surface area contributed by atoms with Crippen molar-refractivity contribution in [1.82, 2.24) is 4.98 Å². The Hall–Kier alpha value is -1.03. The molecule has 0 aliphatic rings. The van der Waals surface area contributed by atoms with Crippen LogP contribution in [0.2, 0.25) is 0 Å². The summed E-state index contributed by atoms with van der Waals surface area (Å²) in [5, 5.41) is 1.17. The minimum absolute atomic E-state index is 0.787.